The van der Waals surface area contributed by atoms with E-state index in [0.717, 1.165) is 43.3 Å². The van der Waals surface area contributed by atoms with Gasteiger partial charge in [-0.15, -0.1) is 4.40 Å². The molecule has 0 radical (unpaired) electrons. The fourth-order valence-corrected chi connectivity index (χ4v) is 5.06. The van der Waals surface area contributed by atoms with Gasteiger partial charge < -0.3 is 15.4 Å². The maximum absolute atomic E-state index is 11.8. The molecule has 3 heterocycles. The standard InChI is InChI=1S/C20H25N5O3S/c1-13-9-14(2)23-20(22-13)25-8-4-5-15(10-25)11-28-17-7-3-6-16-12-29(26,27)24-19(21)18(16)17/h3,6-7,9,15H,4-5,8,10-12H2,1-2H3,(H2,21,24)/t15-/m0/s1. The molecule has 1 aromatic heterocycles. The molecule has 0 bridgehead atoms. The van der Waals surface area contributed by atoms with E-state index in [9.17, 15) is 8.42 Å². The Bertz CT molecular complexity index is 1050. The first-order valence-corrected chi connectivity index (χ1v) is 11.3. The van der Waals surface area contributed by atoms with Crippen LogP contribution < -0.4 is 15.4 Å². The highest BCUT2D eigenvalue weighted by Crippen LogP contribution is 2.29. The number of nitrogens with zero attached hydrogens (tertiary/aromatic N) is 4. The lowest BCUT2D eigenvalue weighted by atomic mass is 9.99. The number of aryl methyl sites for hydroxylation is 2. The normalized spacial score (nSPS) is 20.7. The van der Waals surface area contributed by atoms with Crippen molar-refractivity contribution >= 4 is 21.8 Å². The van der Waals surface area contributed by atoms with Crippen molar-refractivity contribution in [2.75, 3.05) is 24.6 Å². The first kappa shape index (κ1) is 19.6. The van der Waals surface area contributed by atoms with Crippen LogP contribution in [0.2, 0.25) is 0 Å². The summed E-state index contributed by atoms with van der Waals surface area (Å²) in [5.74, 6) is 1.51. The number of anilines is 1. The van der Waals surface area contributed by atoms with E-state index in [2.05, 4.69) is 19.3 Å². The zero-order chi connectivity index (χ0) is 20.6. The molecular formula is C20H25N5O3S. The number of piperidine rings is 1. The van der Waals surface area contributed by atoms with Gasteiger partial charge in [0.25, 0.3) is 10.0 Å². The number of rotatable bonds is 4. The van der Waals surface area contributed by atoms with E-state index in [-0.39, 0.29) is 11.6 Å². The van der Waals surface area contributed by atoms with E-state index in [0.29, 0.717) is 29.4 Å². The molecule has 29 heavy (non-hydrogen) atoms. The van der Waals surface area contributed by atoms with Crippen LogP contribution in [-0.2, 0) is 15.8 Å². The van der Waals surface area contributed by atoms with Crippen molar-refractivity contribution in [1.29, 1.82) is 0 Å². The first-order chi connectivity index (χ1) is 13.8. The van der Waals surface area contributed by atoms with Crippen LogP contribution in [-0.4, -0.2) is 43.9 Å². The Hall–Kier alpha value is -2.68. The van der Waals surface area contributed by atoms with Crippen LogP contribution in [0.3, 0.4) is 0 Å². The van der Waals surface area contributed by atoms with Crippen molar-refractivity contribution in [2.24, 2.45) is 16.0 Å². The van der Waals surface area contributed by atoms with Gasteiger partial charge in [-0.05, 0) is 44.4 Å². The summed E-state index contributed by atoms with van der Waals surface area (Å²) in [6.45, 7) is 6.21. The quantitative estimate of drug-likeness (QED) is 0.812. The smallest absolute Gasteiger partial charge is 0.259 e. The molecule has 0 spiro atoms. The number of nitrogens with two attached hydrogens (primary N) is 1. The number of benzene rings is 1. The number of ether oxygens (including phenoxy) is 1. The molecular weight excluding hydrogens is 390 g/mol. The fourth-order valence-electron chi connectivity index (χ4n) is 3.97. The van der Waals surface area contributed by atoms with Crippen molar-refractivity contribution < 1.29 is 13.2 Å². The average Bonchev–Trinajstić information content (AvgIpc) is 2.64. The highest BCUT2D eigenvalue weighted by molar-refractivity contribution is 7.89. The molecule has 2 aliphatic rings. The summed E-state index contributed by atoms with van der Waals surface area (Å²) in [6.07, 6.45) is 2.09. The highest BCUT2D eigenvalue weighted by Gasteiger charge is 2.27. The summed E-state index contributed by atoms with van der Waals surface area (Å²) in [7, 11) is -3.56. The second-order valence-corrected chi connectivity index (χ2v) is 9.34. The van der Waals surface area contributed by atoms with Crippen molar-refractivity contribution in [3.05, 3.63) is 46.8 Å². The van der Waals surface area contributed by atoms with Gasteiger partial charge in [0, 0.05) is 30.4 Å². The van der Waals surface area contributed by atoms with Gasteiger partial charge in [-0.25, -0.2) is 18.4 Å². The van der Waals surface area contributed by atoms with Crippen LogP contribution in [0.5, 0.6) is 5.75 Å². The van der Waals surface area contributed by atoms with E-state index in [1.54, 1.807) is 12.1 Å². The molecule has 4 rings (SSSR count). The van der Waals surface area contributed by atoms with Crippen LogP contribution in [0, 0.1) is 19.8 Å². The maximum atomic E-state index is 11.8. The lowest BCUT2D eigenvalue weighted by Crippen LogP contribution is -2.39. The Morgan fingerprint density at radius 3 is 2.76 bits per heavy atom. The predicted molar refractivity (Wildman–Crippen MR) is 112 cm³/mol. The largest absolute Gasteiger partial charge is 0.492 e. The van der Waals surface area contributed by atoms with E-state index in [1.807, 2.05) is 26.0 Å². The summed E-state index contributed by atoms with van der Waals surface area (Å²) in [5.41, 5.74) is 9.07. The Morgan fingerprint density at radius 2 is 2.00 bits per heavy atom. The maximum Gasteiger partial charge on any atom is 0.259 e. The van der Waals surface area contributed by atoms with E-state index >= 15 is 0 Å². The average molecular weight is 416 g/mol. The molecule has 0 aliphatic carbocycles. The van der Waals surface area contributed by atoms with Gasteiger partial charge in [-0.1, -0.05) is 12.1 Å². The van der Waals surface area contributed by atoms with E-state index < -0.39 is 10.0 Å². The number of hydrogen-bond donors (Lipinski definition) is 1. The summed E-state index contributed by atoms with van der Waals surface area (Å²) in [5, 5.41) is 0. The molecule has 154 valence electrons. The Morgan fingerprint density at radius 1 is 1.24 bits per heavy atom. The van der Waals surface area contributed by atoms with Gasteiger partial charge in [-0.3, -0.25) is 0 Å². The summed E-state index contributed by atoms with van der Waals surface area (Å²) in [6, 6.07) is 7.32. The SMILES string of the molecule is Cc1cc(C)nc(N2CCC[C@H](COc3cccc4c3C(N)=NS(=O)(=O)C4)C2)n1. The summed E-state index contributed by atoms with van der Waals surface area (Å²) >= 11 is 0. The second kappa shape index (κ2) is 7.62. The lowest BCUT2D eigenvalue weighted by molar-refractivity contribution is 0.227. The predicted octanol–water partition coefficient (Wildman–Crippen LogP) is 1.94. The highest BCUT2D eigenvalue weighted by atomic mass is 32.2. The topological polar surface area (TPSA) is 111 Å². The van der Waals surface area contributed by atoms with Gasteiger partial charge in [0.1, 0.15) is 11.6 Å². The third-order valence-electron chi connectivity index (χ3n) is 5.19. The summed E-state index contributed by atoms with van der Waals surface area (Å²) < 4.78 is 33.4. The monoisotopic (exact) mass is 415 g/mol. The van der Waals surface area contributed by atoms with Crippen LogP contribution >= 0.6 is 0 Å². The minimum absolute atomic E-state index is 0.00393. The van der Waals surface area contributed by atoms with Gasteiger partial charge in [-0.2, -0.15) is 0 Å². The van der Waals surface area contributed by atoms with Crippen LogP contribution in [0.1, 0.15) is 35.4 Å². The molecule has 0 saturated carbocycles. The van der Waals surface area contributed by atoms with Gasteiger partial charge in [0.2, 0.25) is 5.95 Å². The molecule has 1 saturated heterocycles. The Labute approximate surface area is 170 Å². The Balaban J connectivity index is 1.47. The van der Waals surface area contributed by atoms with Crippen molar-refractivity contribution in [1.82, 2.24) is 9.97 Å². The van der Waals surface area contributed by atoms with Crippen molar-refractivity contribution in [2.45, 2.75) is 32.4 Å². The molecule has 2 aliphatic heterocycles. The molecule has 1 atom stereocenters. The number of sulfonamides is 1. The van der Waals surface area contributed by atoms with Gasteiger partial charge in [0.15, 0.2) is 0 Å². The minimum atomic E-state index is -3.56. The van der Waals surface area contributed by atoms with Crippen LogP contribution in [0.4, 0.5) is 5.95 Å². The zero-order valence-electron chi connectivity index (χ0n) is 16.6. The van der Waals surface area contributed by atoms with Crippen LogP contribution in [0.25, 0.3) is 0 Å². The van der Waals surface area contributed by atoms with E-state index in [1.165, 1.54) is 0 Å². The molecule has 0 unspecified atom stereocenters. The van der Waals surface area contributed by atoms with Gasteiger partial charge in [0.05, 0.1) is 17.9 Å². The molecule has 2 aromatic rings. The molecule has 9 heteroatoms. The number of amidine groups is 1. The van der Waals surface area contributed by atoms with Gasteiger partial charge >= 0.3 is 0 Å². The second-order valence-electron chi connectivity index (χ2n) is 7.71. The lowest BCUT2D eigenvalue weighted by Gasteiger charge is -2.33. The third-order valence-corrected chi connectivity index (χ3v) is 6.34. The van der Waals surface area contributed by atoms with Crippen molar-refractivity contribution in [3.63, 3.8) is 0 Å². The number of fused-ring (bicyclic) bond motifs is 1. The summed E-state index contributed by atoms with van der Waals surface area (Å²) in [4.78, 5) is 11.4. The molecule has 8 nitrogen and oxygen atoms in total. The van der Waals surface area contributed by atoms with E-state index in [4.69, 9.17) is 10.5 Å². The first-order valence-electron chi connectivity index (χ1n) is 9.71. The minimum Gasteiger partial charge on any atom is -0.492 e. The fraction of sp³-hybridized carbons (Fsp3) is 0.450. The Kier molecular flexibility index (Phi) is 5.16. The third kappa shape index (κ3) is 4.34. The number of aromatic nitrogens is 2. The molecule has 1 fully saturated rings. The molecule has 0 amide bonds. The number of hydrogen-bond acceptors (Lipinski definition) is 7. The molecule has 2 N–H and O–H groups in total. The van der Waals surface area contributed by atoms with Crippen LogP contribution in [0.15, 0.2) is 28.7 Å². The zero-order valence-corrected chi connectivity index (χ0v) is 17.4. The van der Waals surface area contributed by atoms with Crippen molar-refractivity contribution in [3.8, 4) is 5.75 Å². The molecule has 1 aromatic carbocycles.